The van der Waals surface area contributed by atoms with Gasteiger partial charge in [-0.2, -0.15) is 0 Å². The van der Waals surface area contributed by atoms with Crippen molar-refractivity contribution >= 4 is 0 Å². The summed E-state index contributed by atoms with van der Waals surface area (Å²) >= 11 is 0. The van der Waals surface area contributed by atoms with Crippen LogP contribution in [0.5, 0.6) is 0 Å². The Bertz CT molecular complexity index is 588. The molecule has 0 spiro atoms. The van der Waals surface area contributed by atoms with Crippen molar-refractivity contribution in [3.63, 3.8) is 0 Å². The molecular formula is C17H19FO. The predicted octanol–water partition coefficient (Wildman–Crippen LogP) is 3.89. The van der Waals surface area contributed by atoms with Crippen LogP contribution in [0.25, 0.3) is 0 Å². The van der Waals surface area contributed by atoms with Gasteiger partial charge in [-0.05, 0) is 55.2 Å². The third-order valence-corrected chi connectivity index (χ3v) is 3.56. The first kappa shape index (κ1) is 13.8. The summed E-state index contributed by atoms with van der Waals surface area (Å²) in [6.07, 6.45) is 0.476. The molecule has 1 nitrogen and oxygen atoms in total. The van der Waals surface area contributed by atoms with Crippen molar-refractivity contribution in [2.75, 3.05) is 0 Å². The SMILES string of the molecule is Cc1cc(F)ccc1CC(C)(O)c1ccccc1C. The molecule has 0 saturated heterocycles. The highest BCUT2D eigenvalue weighted by atomic mass is 19.1. The van der Waals surface area contributed by atoms with E-state index in [1.165, 1.54) is 12.1 Å². The molecule has 0 bridgehead atoms. The van der Waals surface area contributed by atoms with Crippen LogP contribution in [-0.2, 0) is 12.0 Å². The van der Waals surface area contributed by atoms with Crippen LogP contribution in [0, 0.1) is 19.7 Å². The van der Waals surface area contributed by atoms with Crippen LogP contribution >= 0.6 is 0 Å². The largest absolute Gasteiger partial charge is 0.385 e. The average molecular weight is 258 g/mol. The molecule has 19 heavy (non-hydrogen) atoms. The molecule has 0 heterocycles. The summed E-state index contributed by atoms with van der Waals surface area (Å²) in [7, 11) is 0. The predicted molar refractivity (Wildman–Crippen MR) is 75.6 cm³/mol. The zero-order valence-electron chi connectivity index (χ0n) is 11.6. The molecule has 1 N–H and O–H groups in total. The Hall–Kier alpha value is -1.67. The number of hydrogen-bond acceptors (Lipinski definition) is 1. The van der Waals surface area contributed by atoms with E-state index in [4.69, 9.17) is 0 Å². The number of halogens is 1. The van der Waals surface area contributed by atoms with Gasteiger partial charge in [-0.3, -0.25) is 0 Å². The zero-order valence-corrected chi connectivity index (χ0v) is 11.6. The molecule has 2 aromatic carbocycles. The summed E-state index contributed by atoms with van der Waals surface area (Å²) in [6.45, 7) is 5.66. The van der Waals surface area contributed by atoms with Crippen molar-refractivity contribution in [1.82, 2.24) is 0 Å². The van der Waals surface area contributed by atoms with Crippen molar-refractivity contribution in [3.8, 4) is 0 Å². The van der Waals surface area contributed by atoms with Gasteiger partial charge in [-0.15, -0.1) is 0 Å². The second kappa shape index (κ2) is 5.14. The Morgan fingerprint density at radius 2 is 1.74 bits per heavy atom. The lowest BCUT2D eigenvalue weighted by Gasteiger charge is -2.26. The van der Waals surface area contributed by atoms with E-state index < -0.39 is 5.60 Å². The molecule has 0 fully saturated rings. The van der Waals surface area contributed by atoms with E-state index >= 15 is 0 Å². The molecule has 1 atom stereocenters. The number of hydrogen-bond donors (Lipinski definition) is 1. The lowest BCUT2D eigenvalue weighted by atomic mass is 9.85. The Morgan fingerprint density at radius 3 is 2.37 bits per heavy atom. The van der Waals surface area contributed by atoms with Gasteiger partial charge in [0.05, 0.1) is 5.60 Å². The quantitative estimate of drug-likeness (QED) is 0.885. The summed E-state index contributed by atoms with van der Waals surface area (Å²) in [5, 5.41) is 10.7. The normalized spacial score (nSPS) is 14.2. The summed E-state index contributed by atoms with van der Waals surface area (Å²) in [5.74, 6) is -0.239. The fourth-order valence-corrected chi connectivity index (χ4v) is 2.50. The van der Waals surface area contributed by atoms with Gasteiger partial charge in [0.25, 0.3) is 0 Å². The van der Waals surface area contributed by atoms with Crippen molar-refractivity contribution in [1.29, 1.82) is 0 Å². The van der Waals surface area contributed by atoms with E-state index in [9.17, 15) is 9.50 Å². The molecule has 0 aliphatic heterocycles. The van der Waals surface area contributed by atoms with Crippen LogP contribution in [0.15, 0.2) is 42.5 Å². The van der Waals surface area contributed by atoms with Crippen LogP contribution in [-0.4, -0.2) is 5.11 Å². The molecule has 2 aromatic rings. The molecule has 0 aliphatic carbocycles. The van der Waals surface area contributed by atoms with Gasteiger partial charge < -0.3 is 5.11 Å². The first-order chi connectivity index (χ1) is 8.90. The maximum atomic E-state index is 13.1. The summed E-state index contributed by atoms with van der Waals surface area (Å²) in [5.41, 5.74) is 2.86. The van der Waals surface area contributed by atoms with E-state index in [1.54, 1.807) is 13.0 Å². The maximum absolute atomic E-state index is 13.1. The minimum Gasteiger partial charge on any atom is -0.385 e. The molecular weight excluding hydrogens is 239 g/mol. The fourth-order valence-electron chi connectivity index (χ4n) is 2.50. The van der Waals surface area contributed by atoms with Crippen LogP contribution < -0.4 is 0 Å². The van der Waals surface area contributed by atoms with Gasteiger partial charge in [-0.25, -0.2) is 4.39 Å². The summed E-state index contributed by atoms with van der Waals surface area (Å²) in [6, 6.07) is 12.5. The molecule has 0 radical (unpaired) electrons. The van der Waals surface area contributed by atoms with Crippen molar-refractivity contribution < 1.29 is 9.50 Å². The average Bonchev–Trinajstić information content (AvgIpc) is 2.33. The van der Waals surface area contributed by atoms with E-state index in [0.717, 1.165) is 22.3 Å². The first-order valence-electron chi connectivity index (χ1n) is 6.44. The Kier molecular flexibility index (Phi) is 3.72. The first-order valence-corrected chi connectivity index (χ1v) is 6.44. The minimum absolute atomic E-state index is 0.239. The smallest absolute Gasteiger partial charge is 0.123 e. The van der Waals surface area contributed by atoms with Crippen LogP contribution in [0.4, 0.5) is 4.39 Å². The van der Waals surface area contributed by atoms with Crippen LogP contribution in [0.2, 0.25) is 0 Å². The van der Waals surface area contributed by atoms with Crippen molar-refractivity contribution in [2.45, 2.75) is 32.8 Å². The topological polar surface area (TPSA) is 20.2 Å². The van der Waals surface area contributed by atoms with E-state index in [1.807, 2.05) is 38.1 Å². The minimum atomic E-state index is -0.950. The standard InChI is InChI=1S/C17H19FO/c1-12-6-4-5-7-16(12)17(3,19)11-14-8-9-15(18)10-13(14)2/h4-10,19H,11H2,1-3H3. The second-order valence-electron chi connectivity index (χ2n) is 5.34. The van der Waals surface area contributed by atoms with Crippen LogP contribution in [0.1, 0.15) is 29.2 Å². The Balaban J connectivity index is 2.33. The van der Waals surface area contributed by atoms with Gasteiger partial charge >= 0.3 is 0 Å². The van der Waals surface area contributed by atoms with Gasteiger partial charge in [0.2, 0.25) is 0 Å². The highest BCUT2D eigenvalue weighted by molar-refractivity contribution is 5.35. The zero-order chi connectivity index (χ0) is 14.0. The molecule has 1 unspecified atom stereocenters. The number of rotatable bonds is 3. The molecule has 2 heteroatoms. The molecule has 2 rings (SSSR count). The molecule has 0 aromatic heterocycles. The van der Waals surface area contributed by atoms with Gasteiger partial charge in [0, 0.05) is 6.42 Å². The second-order valence-corrected chi connectivity index (χ2v) is 5.34. The maximum Gasteiger partial charge on any atom is 0.123 e. The van der Waals surface area contributed by atoms with Gasteiger partial charge in [-0.1, -0.05) is 30.3 Å². The fraction of sp³-hybridized carbons (Fsp3) is 0.294. The van der Waals surface area contributed by atoms with Crippen molar-refractivity contribution in [2.24, 2.45) is 0 Å². The third kappa shape index (κ3) is 3.02. The summed E-state index contributed by atoms with van der Waals surface area (Å²) < 4.78 is 13.1. The monoisotopic (exact) mass is 258 g/mol. The van der Waals surface area contributed by atoms with Gasteiger partial charge in [0.1, 0.15) is 5.82 Å². The van der Waals surface area contributed by atoms with E-state index in [-0.39, 0.29) is 5.82 Å². The van der Waals surface area contributed by atoms with Gasteiger partial charge in [0.15, 0.2) is 0 Å². The van der Waals surface area contributed by atoms with E-state index in [2.05, 4.69) is 0 Å². The number of aliphatic hydroxyl groups is 1. The third-order valence-electron chi connectivity index (χ3n) is 3.56. The van der Waals surface area contributed by atoms with Crippen LogP contribution in [0.3, 0.4) is 0 Å². The molecule has 0 amide bonds. The Labute approximate surface area is 113 Å². The number of aryl methyl sites for hydroxylation is 2. The van der Waals surface area contributed by atoms with Crippen molar-refractivity contribution in [3.05, 3.63) is 70.5 Å². The highest BCUT2D eigenvalue weighted by Crippen LogP contribution is 2.29. The summed E-state index contributed by atoms with van der Waals surface area (Å²) in [4.78, 5) is 0. The lowest BCUT2D eigenvalue weighted by molar-refractivity contribution is 0.0568. The molecule has 0 saturated carbocycles. The molecule has 100 valence electrons. The Morgan fingerprint density at radius 1 is 1.05 bits per heavy atom. The van der Waals surface area contributed by atoms with E-state index in [0.29, 0.717) is 6.42 Å². The number of benzene rings is 2. The molecule has 0 aliphatic rings. The highest BCUT2D eigenvalue weighted by Gasteiger charge is 2.25. The lowest BCUT2D eigenvalue weighted by Crippen LogP contribution is -2.25.